The highest BCUT2D eigenvalue weighted by Crippen LogP contribution is 2.24. The number of hydrogen-bond donors (Lipinski definition) is 1. The summed E-state index contributed by atoms with van der Waals surface area (Å²) in [6, 6.07) is 22.1. The molecular weight excluding hydrogens is 412 g/mol. The molecule has 0 saturated carbocycles. The molecule has 5 nitrogen and oxygen atoms in total. The maximum Gasteiger partial charge on any atom is 0.255 e. The maximum absolute atomic E-state index is 12.6. The van der Waals surface area contributed by atoms with Gasteiger partial charge in [-0.05, 0) is 67.9 Å². The van der Waals surface area contributed by atoms with E-state index in [0.29, 0.717) is 34.5 Å². The van der Waals surface area contributed by atoms with Crippen LogP contribution in [0.3, 0.4) is 0 Å². The first kappa shape index (κ1) is 20.7. The van der Waals surface area contributed by atoms with Crippen molar-refractivity contribution in [3.8, 4) is 17.2 Å². The predicted molar refractivity (Wildman–Crippen MR) is 122 cm³/mol. The van der Waals surface area contributed by atoms with Crippen LogP contribution in [0.4, 0.5) is 5.69 Å². The second-order valence-electron chi connectivity index (χ2n) is 7.11. The average molecular weight is 433 g/mol. The van der Waals surface area contributed by atoms with Crippen molar-refractivity contribution in [1.82, 2.24) is 4.98 Å². The van der Waals surface area contributed by atoms with Gasteiger partial charge >= 0.3 is 0 Å². The lowest BCUT2D eigenvalue weighted by atomic mass is 10.1. The van der Waals surface area contributed by atoms with E-state index in [-0.39, 0.29) is 5.91 Å². The van der Waals surface area contributed by atoms with Crippen molar-refractivity contribution in [3.05, 3.63) is 100 Å². The van der Waals surface area contributed by atoms with E-state index in [1.165, 1.54) is 0 Å². The molecule has 1 amide bonds. The smallest absolute Gasteiger partial charge is 0.255 e. The Bertz CT molecular complexity index is 1200. The van der Waals surface area contributed by atoms with E-state index in [9.17, 15) is 4.79 Å². The largest absolute Gasteiger partial charge is 0.487 e. The van der Waals surface area contributed by atoms with Crippen molar-refractivity contribution >= 4 is 23.2 Å². The van der Waals surface area contributed by atoms with Crippen molar-refractivity contribution in [2.45, 2.75) is 20.5 Å². The van der Waals surface area contributed by atoms with Crippen LogP contribution in [0.2, 0.25) is 5.02 Å². The quantitative estimate of drug-likeness (QED) is 0.380. The molecule has 0 bridgehead atoms. The number of carbonyl (C=O) groups is 1. The molecule has 3 aromatic carbocycles. The third-order valence-corrected chi connectivity index (χ3v) is 5.09. The van der Waals surface area contributed by atoms with Gasteiger partial charge in [0.2, 0.25) is 5.89 Å². The number of nitrogens with zero attached hydrogens (tertiary/aromatic N) is 1. The maximum atomic E-state index is 12.6. The Kier molecular flexibility index (Phi) is 6.05. The Balaban J connectivity index is 1.45. The lowest BCUT2D eigenvalue weighted by Gasteiger charge is -2.09. The molecule has 4 rings (SSSR count). The molecule has 0 unspecified atom stereocenters. The van der Waals surface area contributed by atoms with Gasteiger partial charge in [0.15, 0.2) is 0 Å². The van der Waals surface area contributed by atoms with Crippen LogP contribution in [-0.2, 0) is 6.61 Å². The molecule has 0 saturated heterocycles. The molecule has 1 heterocycles. The van der Waals surface area contributed by atoms with Crippen molar-refractivity contribution in [3.63, 3.8) is 0 Å². The molecule has 0 aliphatic rings. The van der Waals surface area contributed by atoms with Crippen molar-refractivity contribution in [2.75, 3.05) is 5.32 Å². The van der Waals surface area contributed by atoms with E-state index in [2.05, 4.69) is 10.3 Å². The number of carbonyl (C=O) groups excluding carboxylic acids is 1. The number of ether oxygens (including phenoxy) is 1. The van der Waals surface area contributed by atoms with Crippen LogP contribution < -0.4 is 10.1 Å². The molecule has 0 fully saturated rings. The number of nitrogens with one attached hydrogen (secondary N) is 1. The Morgan fingerprint density at radius 3 is 2.52 bits per heavy atom. The number of benzene rings is 3. The van der Waals surface area contributed by atoms with Crippen LogP contribution in [-0.4, -0.2) is 10.9 Å². The zero-order valence-electron chi connectivity index (χ0n) is 17.2. The second kappa shape index (κ2) is 9.06. The van der Waals surface area contributed by atoms with Gasteiger partial charge in [-0.3, -0.25) is 4.79 Å². The fraction of sp³-hybridized carbons (Fsp3) is 0.120. The van der Waals surface area contributed by atoms with E-state index < -0.39 is 0 Å². The summed E-state index contributed by atoms with van der Waals surface area (Å²) in [6.45, 7) is 4.09. The number of hydrogen-bond acceptors (Lipinski definition) is 4. The first-order valence-electron chi connectivity index (χ1n) is 9.82. The lowest BCUT2D eigenvalue weighted by molar-refractivity contribution is 0.102. The minimum absolute atomic E-state index is 0.211. The van der Waals surface area contributed by atoms with E-state index in [1.807, 2.05) is 62.4 Å². The molecule has 156 valence electrons. The third kappa shape index (κ3) is 4.95. The third-order valence-electron chi connectivity index (χ3n) is 4.85. The number of para-hydroxylation sites is 1. The van der Waals surface area contributed by atoms with Gasteiger partial charge < -0.3 is 14.5 Å². The van der Waals surface area contributed by atoms with Crippen LogP contribution in [0.1, 0.15) is 27.4 Å². The van der Waals surface area contributed by atoms with Gasteiger partial charge in [0.1, 0.15) is 23.8 Å². The number of aromatic nitrogens is 1. The summed E-state index contributed by atoms with van der Waals surface area (Å²) in [6.07, 6.45) is 0. The number of halogens is 1. The van der Waals surface area contributed by atoms with E-state index >= 15 is 0 Å². The fourth-order valence-electron chi connectivity index (χ4n) is 3.04. The lowest BCUT2D eigenvalue weighted by Crippen LogP contribution is -2.12. The summed E-state index contributed by atoms with van der Waals surface area (Å²) in [5.74, 6) is 1.75. The van der Waals surface area contributed by atoms with Crippen molar-refractivity contribution in [1.29, 1.82) is 0 Å². The monoisotopic (exact) mass is 432 g/mol. The van der Waals surface area contributed by atoms with Gasteiger partial charge in [-0.15, -0.1) is 0 Å². The molecule has 1 aromatic heterocycles. The minimum Gasteiger partial charge on any atom is -0.487 e. The number of anilines is 1. The predicted octanol–water partition coefficient (Wildman–Crippen LogP) is 6.44. The highest BCUT2D eigenvalue weighted by atomic mass is 35.5. The van der Waals surface area contributed by atoms with E-state index in [0.717, 1.165) is 22.6 Å². The molecule has 0 spiro atoms. The Hall–Kier alpha value is -3.57. The van der Waals surface area contributed by atoms with Crippen LogP contribution in [0, 0.1) is 13.8 Å². The molecule has 1 N–H and O–H groups in total. The molecule has 0 aliphatic heterocycles. The fourth-order valence-corrected chi connectivity index (χ4v) is 3.21. The van der Waals surface area contributed by atoms with Crippen LogP contribution >= 0.6 is 11.6 Å². The standard InChI is InChI=1S/C25H21ClN2O3/c1-16-8-13-20(26)14-22(16)27-24(29)18-9-11-19(12-10-18)25-28-23(17(2)31-25)15-30-21-6-4-3-5-7-21/h3-14H,15H2,1-2H3,(H,27,29). The minimum atomic E-state index is -0.211. The summed E-state index contributed by atoms with van der Waals surface area (Å²) in [5, 5.41) is 3.46. The molecule has 0 radical (unpaired) electrons. The number of amides is 1. The number of aryl methyl sites for hydroxylation is 2. The number of oxazole rings is 1. The van der Waals surface area contributed by atoms with E-state index in [1.54, 1.807) is 24.3 Å². The van der Waals surface area contributed by atoms with Crippen LogP contribution in [0.5, 0.6) is 5.75 Å². The zero-order valence-corrected chi connectivity index (χ0v) is 17.9. The first-order valence-corrected chi connectivity index (χ1v) is 10.2. The van der Waals surface area contributed by atoms with Gasteiger partial charge in [-0.25, -0.2) is 4.98 Å². The summed E-state index contributed by atoms with van der Waals surface area (Å²) in [7, 11) is 0. The molecule has 0 aliphatic carbocycles. The molecular formula is C25H21ClN2O3. The second-order valence-corrected chi connectivity index (χ2v) is 7.55. The Labute approximate surface area is 185 Å². The molecule has 6 heteroatoms. The molecule has 4 aromatic rings. The van der Waals surface area contributed by atoms with E-state index in [4.69, 9.17) is 20.8 Å². The summed E-state index contributed by atoms with van der Waals surface area (Å²) in [4.78, 5) is 17.1. The van der Waals surface area contributed by atoms with Gasteiger partial charge in [0.25, 0.3) is 5.91 Å². The van der Waals surface area contributed by atoms with Crippen molar-refractivity contribution < 1.29 is 13.9 Å². The van der Waals surface area contributed by atoms with Gasteiger partial charge in [0.05, 0.1) is 0 Å². The highest BCUT2D eigenvalue weighted by molar-refractivity contribution is 6.31. The van der Waals surface area contributed by atoms with Gasteiger partial charge in [-0.2, -0.15) is 0 Å². The van der Waals surface area contributed by atoms with Crippen LogP contribution in [0.25, 0.3) is 11.5 Å². The summed E-state index contributed by atoms with van der Waals surface area (Å²) in [5.41, 5.74) is 3.67. The normalized spacial score (nSPS) is 10.7. The number of rotatable bonds is 6. The average Bonchev–Trinajstić information content (AvgIpc) is 3.16. The Morgan fingerprint density at radius 2 is 1.77 bits per heavy atom. The van der Waals surface area contributed by atoms with Crippen LogP contribution in [0.15, 0.2) is 77.2 Å². The Morgan fingerprint density at radius 1 is 1.03 bits per heavy atom. The topological polar surface area (TPSA) is 64.4 Å². The summed E-state index contributed by atoms with van der Waals surface area (Å²) < 4.78 is 11.6. The van der Waals surface area contributed by atoms with Crippen molar-refractivity contribution in [2.24, 2.45) is 0 Å². The highest BCUT2D eigenvalue weighted by Gasteiger charge is 2.14. The SMILES string of the molecule is Cc1ccc(Cl)cc1NC(=O)c1ccc(-c2nc(COc3ccccc3)c(C)o2)cc1. The zero-order chi connectivity index (χ0) is 21.8. The summed E-state index contributed by atoms with van der Waals surface area (Å²) >= 11 is 6.03. The molecule has 0 atom stereocenters. The molecule has 31 heavy (non-hydrogen) atoms. The first-order chi connectivity index (χ1) is 15.0. The van der Waals surface area contributed by atoms with Gasteiger partial charge in [0, 0.05) is 21.8 Å². The van der Waals surface area contributed by atoms with Gasteiger partial charge in [-0.1, -0.05) is 35.9 Å².